The number of carbonyl (C=O) groups is 1. The molecule has 1 aromatic carbocycles. The van der Waals surface area contributed by atoms with E-state index in [1.165, 1.54) is 16.2 Å². The van der Waals surface area contributed by atoms with Crippen LogP contribution in [0.2, 0.25) is 0 Å². The molecule has 0 saturated carbocycles. The first-order chi connectivity index (χ1) is 14.4. The minimum absolute atomic E-state index is 0.00762. The molecule has 1 aliphatic rings. The van der Waals surface area contributed by atoms with E-state index in [9.17, 15) is 15.3 Å². The number of nitrogens with zero attached hydrogens (tertiary/aromatic N) is 2. The second kappa shape index (κ2) is 9.15. The third-order valence-corrected chi connectivity index (χ3v) is 6.62. The molecule has 1 heterocycles. The number of thiophene rings is 1. The molecule has 0 atom stereocenters. The number of nitriles is 2. The van der Waals surface area contributed by atoms with Crippen LogP contribution >= 0.6 is 11.3 Å². The van der Waals surface area contributed by atoms with E-state index in [-0.39, 0.29) is 11.5 Å². The Morgan fingerprint density at radius 3 is 2.63 bits per heavy atom. The SMILES string of the molecule is COc1cc(C)c(/C=C(\C#N)C(=O)Nc2sc3c(c2C#N)CCCC3)cc1C(C)C. The van der Waals surface area contributed by atoms with Gasteiger partial charge in [-0.25, -0.2) is 0 Å². The summed E-state index contributed by atoms with van der Waals surface area (Å²) in [6, 6.07) is 8.14. The number of anilines is 1. The fourth-order valence-corrected chi connectivity index (χ4v) is 4.98. The summed E-state index contributed by atoms with van der Waals surface area (Å²) in [5, 5.41) is 22.6. The van der Waals surface area contributed by atoms with Crippen LogP contribution in [0.1, 0.15) is 65.3 Å². The monoisotopic (exact) mass is 419 g/mol. The van der Waals surface area contributed by atoms with E-state index in [1.54, 1.807) is 13.2 Å². The van der Waals surface area contributed by atoms with Gasteiger partial charge in [-0.05, 0) is 79.0 Å². The fraction of sp³-hybridized carbons (Fsp3) is 0.375. The van der Waals surface area contributed by atoms with Gasteiger partial charge in [-0.3, -0.25) is 4.79 Å². The summed E-state index contributed by atoms with van der Waals surface area (Å²) >= 11 is 1.46. The lowest BCUT2D eigenvalue weighted by molar-refractivity contribution is -0.112. The van der Waals surface area contributed by atoms with Crippen molar-refractivity contribution in [2.24, 2.45) is 0 Å². The lowest BCUT2D eigenvalue weighted by Crippen LogP contribution is -2.13. The van der Waals surface area contributed by atoms with Crippen LogP contribution in [0.15, 0.2) is 17.7 Å². The molecular formula is C24H25N3O2S. The van der Waals surface area contributed by atoms with Crippen molar-refractivity contribution in [2.75, 3.05) is 12.4 Å². The first-order valence-electron chi connectivity index (χ1n) is 10.1. The van der Waals surface area contributed by atoms with Crippen LogP contribution in [0, 0.1) is 29.6 Å². The van der Waals surface area contributed by atoms with Crippen LogP contribution in [0.5, 0.6) is 5.75 Å². The summed E-state index contributed by atoms with van der Waals surface area (Å²) in [5.74, 6) is 0.544. The van der Waals surface area contributed by atoms with Crippen LogP contribution in [-0.4, -0.2) is 13.0 Å². The Kier molecular flexibility index (Phi) is 6.59. The number of benzene rings is 1. The van der Waals surface area contributed by atoms with Gasteiger partial charge in [0, 0.05) is 4.88 Å². The van der Waals surface area contributed by atoms with Gasteiger partial charge >= 0.3 is 0 Å². The standard InChI is InChI=1S/C24H25N3O2S/c1-14(2)19-11-16(15(3)9-21(19)29-4)10-17(12-25)23(28)27-24-20(13-26)18-7-5-6-8-22(18)30-24/h9-11,14H,5-8H2,1-4H3,(H,27,28)/b17-10+. The van der Waals surface area contributed by atoms with Gasteiger partial charge in [0.15, 0.2) is 0 Å². The van der Waals surface area contributed by atoms with E-state index in [1.807, 2.05) is 25.1 Å². The molecule has 0 radical (unpaired) electrons. The number of methoxy groups -OCH3 is 1. The predicted molar refractivity (Wildman–Crippen MR) is 120 cm³/mol. The van der Waals surface area contributed by atoms with Crippen molar-refractivity contribution in [3.05, 3.63) is 50.4 Å². The zero-order valence-electron chi connectivity index (χ0n) is 17.8. The van der Waals surface area contributed by atoms with E-state index in [0.29, 0.717) is 10.6 Å². The Hall–Kier alpha value is -3.09. The van der Waals surface area contributed by atoms with E-state index < -0.39 is 5.91 Å². The molecule has 30 heavy (non-hydrogen) atoms. The average molecular weight is 420 g/mol. The van der Waals surface area contributed by atoms with Gasteiger partial charge in [0.05, 0.1) is 12.7 Å². The summed E-state index contributed by atoms with van der Waals surface area (Å²) in [5.41, 5.74) is 4.35. The summed E-state index contributed by atoms with van der Waals surface area (Å²) in [6.07, 6.45) is 5.58. The normalized spacial score (nSPS) is 13.4. The van der Waals surface area contributed by atoms with E-state index >= 15 is 0 Å². The summed E-state index contributed by atoms with van der Waals surface area (Å²) in [7, 11) is 1.64. The van der Waals surface area contributed by atoms with Crippen molar-refractivity contribution < 1.29 is 9.53 Å². The molecule has 1 aliphatic carbocycles. The molecule has 3 rings (SSSR count). The third kappa shape index (κ3) is 4.25. The predicted octanol–water partition coefficient (Wildman–Crippen LogP) is 5.48. The molecule has 0 fully saturated rings. The van der Waals surface area contributed by atoms with Gasteiger partial charge in [-0.1, -0.05) is 13.8 Å². The van der Waals surface area contributed by atoms with E-state index in [2.05, 4.69) is 25.2 Å². The number of aryl methyl sites for hydroxylation is 2. The number of hydrogen-bond acceptors (Lipinski definition) is 5. The van der Waals surface area contributed by atoms with Crippen LogP contribution in [0.25, 0.3) is 6.08 Å². The van der Waals surface area contributed by atoms with Crippen LogP contribution in [0.3, 0.4) is 0 Å². The Bertz CT molecular complexity index is 1100. The first kappa shape index (κ1) is 21.6. The number of amides is 1. The summed E-state index contributed by atoms with van der Waals surface area (Å²) in [4.78, 5) is 14.0. The minimum atomic E-state index is -0.492. The highest BCUT2D eigenvalue weighted by Crippen LogP contribution is 2.38. The zero-order valence-corrected chi connectivity index (χ0v) is 18.6. The number of carbonyl (C=O) groups excluding carboxylic acids is 1. The second-order valence-electron chi connectivity index (χ2n) is 7.76. The highest BCUT2D eigenvalue weighted by atomic mass is 32.1. The quantitative estimate of drug-likeness (QED) is 0.513. The third-order valence-electron chi connectivity index (χ3n) is 5.42. The molecule has 0 saturated heterocycles. The van der Waals surface area contributed by atoms with Crippen molar-refractivity contribution >= 4 is 28.3 Å². The molecular weight excluding hydrogens is 394 g/mol. The first-order valence-corrected chi connectivity index (χ1v) is 10.9. The lowest BCUT2D eigenvalue weighted by Gasteiger charge is -2.15. The maximum Gasteiger partial charge on any atom is 0.266 e. The van der Waals surface area contributed by atoms with Crippen molar-refractivity contribution in [1.29, 1.82) is 10.5 Å². The molecule has 0 bridgehead atoms. The van der Waals surface area contributed by atoms with Gasteiger partial charge in [0.2, 0.25) is 0 Å². The number of hydrogen-bond donors (Lipinski definition) is 1. The second-order valence-corrected chi connectivity index (χ2v) is 8.86. The molecule has 0 spiro atoms. The molecule has 154 valence electrons. The molecule has 1 N–H and O–H groups in total. The molecule has 0 aliphatic heterocycles. The fourth-order valence-electron chi connectivity index (χ4n) is 3.75. The van der Waals surface area contributed by atoms with Crippen LogP contribution < -0.4 is 10.1 Å². The van der Waals surface area contributed by atoms with E-state index in [4.69, 9.17) is 4.74 Å². The summed E-state index contributed by atoms with van der Waals surface area (Å²) < 4.78 is 5.47. The Balaban J connectivity index is 1.94. The number of ether oxygens (including phenoxy) is 1. The maximum absolute atomic E-state index is 12.9. The Labute approximate surface area is 181 Å². The minimum Gasteiger partial charge on any atom is -0.496 e. The molecule has 2 aromatic rings. The lowest BCUT2D eigenvalue weighted by atomic mass is 9.95. The maximum atomic E-state index is 12.9. The smallest absolute Gasteiger partial charge is 0.266 e. The zero-order chi connectivity index (χ0) is 21.8. The van der Waals surface area contributed by atoms with Crippen molar-refractivity contribution in [1.82, 2.24) is 0 Å². The topological polar surface area (TPSA) is 85.9 Å². The largest absolute Gasteiger partial charge is 0.496 e. The van der Waals surface area contributed by atoms with Crippen molar-refractivity contribution in [3.8, 4) is 17.9 Å². The average Bonchev–Trinajstić information content (AvgIpc) is 3.08. The van der Waals surface area contributed by atoms with Gasteiger partial charge in [-0.2, -0.15) is 10.5 Å². The molecule has 5 nitrogen and oxygen atoms in total. The van der Waals surface area contributed by atoms with E-state index in [0.717, 1.165) is 53.7 Å². The molecule has 6 heteroatoms. The van der Waals surface area contributed by atoms with Gasteiger partial charge < -0.3 is 10.1 Å². The number of rotatable bonds is 5. The molecule has 1 aromatic heterocycles. The number of fused-ring (bicyclic) bond motifs is 1. The molecule has 1 amide bonds. The van der Waals surface area contributed by atoms with Crippen LogP contribution in [0.4, 0.5) is 5.00 Å². The Morgan fingerprint density at radius 2 is 2.00 bits per heavy atom. The molecule has 0 unspecified atom stereocenters. The van der Waals surface area contributed by atoms with Crippen LogP contribution in [-0.2, 0) is 17.6 Å². The van der Waals surface area contributed by atoms with Gasteiger partial charge in [0.1, 0.15) is 28.5 Å². The van der Waals surface area contributed by atoms with Gasteiger partial charge in [-0.15, -0.1) is 11.3 Å². The number of nitrogens with one attached hydrogen (secondary N) is 1. The Morgan fingerprint density at radius 1 is 1.27 bits per heavy atom. The van der Waals surface area contributed by atoms with Crippen molar-refractivity contribution in [3.63, 3.8) is 0 Å². The van der Waals surface area contributed by atoms with Crippen molar-refractivity contribution in [2.45, 2.75) is 52.4 Å². The highest BCUT2D eigenvalue weighted by Gasteiger charge is 2.23. The highest BCUT2D eigenvalue weighted by molar-refractivity contribution is 7.16. The van der Waals surface area contributed by atoms with Gasteiger partial charge in [0.25, 0.3) is 5.91 Å². The summed E-state index contributed by atoms with van der Waals surface area (Å²) in [6.45, 7) is 6.06.